The summed E-state index contributed by atoms with van der Waals surface area (Å²) in [5, 5.41) is 8.44. The second kappa shape index (κ2) is 3.72. The number of carboxylic acid groups (broad SMARTS) is 1. The molecule has 0 bridgehead atoms. The Bertz CT molecular complexity index is 147. The average Bonchev–Trinajstić information content (AvgIpc) is 2.31. The van der Waals surface area contributed by atoms with Crippen molar-refractivity contribution in [2.24, 2.45) is 0 Å². The van der Waals surface area contributed by atoms with Crippen LogP contribution in [0.1, 0.15) is 25.7 Å². The SMILES string of the molecule is CN1CCC[C@H]1CCC(=O)O. The maximum Gasteiger partial charge on any atom is 0.303 e. The molecule has 1 aliphatic rings. The summed E-state index contributed by atoms with van der Waals surface area (Å²) in [5.74, 6) is -0.676. The molecular formula is C8H15NO2. The van der Waals surface area contributed by atoms with E-state index in [2.05, 4.69) is 11.9 Å². The topological polar surface area (TPSA) is 40.5 Å². The van der Waals surface area contributed by atoms with Gasteiger partial charge in [0.15, 0.2) is 0 Å². The highest BCUT2D eigenvalue weighted by Crippen LogP contribution is 2.18. The molecule has 1 aliphatic heterocycles. The molecule has 0 saturated carbocycles. The molecule has 64 valence electrons. The van der Waals surface area contributed by atoms with Gasteiger partial charge in [0.2, 0.25) is 0 Å². The lowest BCUT2D eigenvalue weighted by Gasteiger charge is -2.17. The fraction of sp³-hybridized carbons (Fsp3) is 0.875. The van der Waals surface area contributed by atoms with Gasteiger partial charge in [-0.3, -0.25) is 4.79 Å². The van der Waals surface area contributed by atoms with Gasteiger partial charge in [0, 0.05) is 12.5 Å². The van der Waals surface area contributed by atoms with Gasteiger partial charge in [-0.1, -0.05) is 0 Å². The van der Waals surface area contributed by atoms with Crippen molar-refractivity contribution < 1.29 is 9.90 Å². The van der Waals surface area contributed by atoms with Crippen molar-refractivity contribution in [3.8, 4) is 0 Å². The molecule has 0 aromatic rings. The van der Waals surface area contributed by atoms with Crippen LogP contribution in [0.15, 0.2) is 0 Å². The highest BCUT2D eigenvalue weighted by atomic mass is 16.4. The summed E-state index contributed by atoms with van der Waals surface area (Å²) in [5.41, 5.74) is 0. The molecule has 0 aromatic carbocycles. The van der Waals surface area contributed by atoms with Crippen LogP contribution >= 0.6 is 0 Å². The first-order valence-electron chi connectivity index (χ1n) is 4.12. The molecule has 0 spiro atoms. The van der Waals surface area contributed by atoms with Crippen LogP contribution in [0, 0.1) is 0 Å². The monoisotopic (exact) mass is 157 g/mol. The minimum Gasteiger partial charge on any atom is -0.481 e. The summed E-state index contributed by atoms with van der Waals surface area (Å²) in [4.78, 5) is 12.5. The lowest BCUT2D eigenvalue weighted by Crippen LogP contribution is -2.25. The van der Waals surface area contributed by atoms with Crippen molar-refractivity contribution in [2.75, 3.05) is 13.6 Å². The molecule has 1 N–H and O–H groups in total. The molecule has 1 saturated heterocycles. The van der Waals surface area contributed by atoms with E-state index >= 15 is 0 Å². The number of hydrogen-bond donors (Lipinski definition) is 1. The third kappa shape index (κ3) is 2.50. The zero-order chi connectivity index (χ0) is 8.27. The van der Waals surface area contributed by atoms with E-state index in [9.17, 15) is 4.79 Å². The average molecular weight is 157 g/mol. The Morgan fingerprint density at radius 3 is 2.91 bits per heavy atom. The van der Waals surface area contributed by atoms with Crippen LogP contribution in [-0.2, 0) is 4.79 Å². The summed E-state index contributed by atoms with van der Waals surface area (Å²) in [6.45, 7) is 1.13. The molecule has 1 fully saturated rings. The Hall–Kier alpha value is -0.570. The van der Waals surface area contributed by atoms with Gasteiger partial charge >= 0.3 is 5.97 Å². The first-order valence-corrected chi connectivity index (χ1v) is 4.12. The molecule has 1 rings (SSSR count). The van der Waals surface area contributed by atoms with Crippen LogP contribution in [0.2, 0.25) is 0 Å². The van der Waals surface area contributed by atoms with Gasteiger partial charge in [0.05, 0.1) is 0 Å². The lowest BCUT2D eigenvalue weighted by molar-refractivity contribution is -0.137. The van der Waals surface area contributed by atoms with Crippen LogP contribution in [0.3, 0.4) is 0 Å². The molecule has 0 aliphatic carbocycles. The highest BCUT2D eigenvalue weighted by molar-refractivity contribution is 5.66. The number of hydrogen-bond acceptors (Lipinski definition) is 2. The first-order chi connectivity index (χ1) is 5.20. The normalized spacial score (nSPS) is 25.7. The second-order valence-electron chi connectivity index (χ2n) is 3.21. The number of likely N-dealkylation sites (tertiary alicyclic amines) is 1. The Balaban J connectivity index is 2.20. The van der Waals surface area contributed by atoms with E-state index in [0.717, 1.165) is 13.0 Å². The molecule has 1 heterocycles. The van der Waals surface area contributed by atoms with Gasteiger partial charge in [-0.2, -0.15) is 0 Å². The molecular weight excluding hydrogens is 142 g/mol. The van der Waals surface area contributed by atoms with Crippen molar-refractivity contribution in [1.29, 1.82) is 0 Å². The maximum atomic E-state index is 10.2. The minimum absolute atomic E-state index is 0.314. The lowest BCUT2D eigenvalue weighted by atomic mass is 10.1. The van der Waals surface area contributed by atoms with E-state index in [-0.39, 0.29) is 0 Å². The molecule has 0 aromatic heterocycles. The van der Waals surface area contributed by atoms with Gasteiger partial charge in [-0.15, -0.1) is 0 Å². The van der Waals surface area contributed by atoms with E-state index in [1.807, 2.05) is 0 Å². The van der Waals surface area contributed by atoms with E-state index in [4.69, 9.17) is 5.11 Å². The van der Waals surface area contributed by atoms with E-state index < -0.39 is 5.97 Å². The van der Waals surface area contributed by atoms with Crippen molar-refractivity contribution in [3.05, 3.63) is 0 Å². The molecule has 0 amide bonds. The molecule has 3 nitrogen and oxygen atoms in total. The van der Waals surface area contributed by atoms with E-state index in [0.29, 0.717) is 12.5 Å². The van der Waals surface area contributed by atoms with Gasteiger partial charge in [-0.05, 0) is 32.9 Å². The molecule has 0 unspecified atom stereocenters. The predicted molar refractivity (Wildman–Crippen MR) is 42.5 cm³/mol. The number of rotatable bonds is 3. The second-order valence-corrected chi connectivity index (χ2v) is 3.21. The van der Waals surface area contributed by atoms with Crippen molar-refractivity contribution in [3.63, 3.8) is 0 Å². The zero-order valence-corrected chi connectivity index (χ0v) is 6.92. The third-order valence-corrected chi connectivity index (χ3v) is 2.36. The third-order valence-electron chi connectivity index (χ3n) is 2.36. The fourth-order valence-corrected chi connectivity index (χ4v) is 1.63. The number of carboxylic acids is 1. The summed E-state index contributed by atoms with van der Waals surface area (Å²) in [6.07, 6.45) is 3.52. The Labute approximate surface area is 67.0 Å². The van der Waals surface area contributed by atoms with Crippen LogP contribution in [0.4, 0.5) is 0 Å². The van der Waals surface area contributed by atoms with Crippen LogP contribution < -0.4 is 0 Å². The van der Waals surface area contributed by atoms with Gasteiger partial charge < -0.3 is 10.0 Å². The predicted octanol–water partition coefficient (Wildman–Crippen LogP) is 0.945. The number of carbonyl (C=O) groups is 1. The Kier molecular flexibility index (Phi) is 2.88. The first kappa shape index (κ1) is 8.53. The van der Waals surface area contributed by atoms with Crippen molar-refractivity contribution >= 4 is 5.97 Å². The van der Waals surface area contributed by atoms with Gasteiger partial charge in [0.1, 0.15) is 0 Å². The smallest absolute Gasteiger partial charge is 0.303 e. The van der Waals surface area contributed by atoms with Crippen LogP contribution in [-0.4, -0.2) is 35.6 Å². The van der Waals surface area contributed by atoms with Crippen molar-refractivity contribution in [2.45, 2.75) is 31.7 Å². The molecule has 1 atom stereocenters. The van der Waals surface area contributed by atoms with Crippen LogP contribution in [0.5, 0.6) is 0 Å². The molecule has 0 radical (unpaired) electrons. The number of aliphatic carboxylic acids is 1. The maximum absolute atomic E-state index is 10.2. The van der Waals surface area contributed by atoms with Gasteiger partial charge in [-0.25, -0.2) is 0 Å². The largest absolute Gasteiger partial charge is 0.481 e. The molecule has 11 heavy (non-hydrogen) atoms. The summed E-state index contributed by atoms with van der Waals surface area (Å²) < 4.78 is 0. The Morgan fingerprint density at radius 2 is 2.45 bits per heavy atom. The summed E-state index contributed by atoms with van der Waals surface area (Å²) >= 11 is 0. The quantitative estimate of drug-likeness (QED) is 0.663. The molecule has 3 heteroatoms. The van der Waals surface area contributed by atoms with E-state index in [1.54, 1.807) is 0 Å². The van der Waals surface area contributed by atoms with Crippen LogP contribution in [0.25, 0.3) is 0 Å². The summed E-state index contributed by atoms with van der Waals surface area (Å²) in [7, 11) is 2.07. The van der Waals surface area contributed by atoms with Gasteiger partial charge in [0.25, 0.3) is 0 Å². The Morgan fingerprint density at radius 1 is 1.73 bits per heavy atom. The van der Waals surface area contributed by atoms with Crippen molar-refractivity contribution in [1.82, 2.24) is 4.90 Å². The van der Waals surface area contributed by atoms with E-state index in [1.165, 1.54) is 12.8 Å². The summed E-state index contributed by atoms with van der Waals surface area (Å²) in [6, 6.07) is 0.520. The number of nitrogens with zero attached hydrogens (tertiary/aromatic N) is 1. The minimum atomic E-state index is -0.676. The highest BCUT2D eigenvalue weighted by Gasteiger charge is 2.20. The fourth-order valence-electron chi connectivity index (χ4n) is 1.63. The zero-order valence-electron chi connectivity index (χ0n) is 6.92. The standard InChI is InChI=1S/C8H15NO2/c1-9-6-2-3-7(9)4-5-8(10)11/h7H,2-6H2,1H3,(H,10,11)/t7-/m0/s1.